The van der Waals surface area contributed by atoms with E-state index in [1.54, 1.807) is 25.4 Å². The highest BCUT2D eigenvalue weighted by atomic mass is 16.5. The molecule has 0 saturated carbocycles. The third-order valence-electron chi connectivity index (χ3n) is 4.46. The standard InChI is InChI=1S/C21H18N2O3/c1-13(21(22)24)26-17-4-5-18-19-10-15(14-6-8-23-9-7-14)2-3-16(19)12-25-20(18)11-17/h2-11,13H,12H2,1H3,(H2,22,24)/t13-/m0/s1. The predicted octanol–water partition coefficient (Wildman–Crippen LogP) is 3.56. The zero-order valence-electron chi connectivity index (χ0n) is 14.3. The van der Waals surface area contributed by atoms with E-state index in [0.717, 1.165) is 33.6 Å². The van der Waals surface area contributed by atoms with Gasteiger partial charge in [0.2, 0.25) is 0 Å². The van der Waals surface area contributed by atoms with Crippen LogP contribution in [0.15, 0.2) is 60.9 Å². The first kappa shape index (κ1) is 16.1. The van der Waals surface area contributed by atoms with Crippen molar-refractivity contribution in [2.24, 2.45) is 5.73 Å². The number of hydrogen-bond acceptors (Lipinski definition) is 4. The first-order valence-electron chi connectivity index (χ1n) is 8.38. The van der Waals surface area contributed by atoms with Crippen molar-refractivity contribution in [2.45, 2.75) is 19.6 Å². The molecule has 0 fully saturated rings. The molecule has 2 heterocycles. The van der Waals surface area contributed by atoms with Gasteiger partial charge < -0.3 is 15.2 Å². The van der Waals surface area contributed by atoms with Crippen LogP contribution in [0.2, 0.25) is 0 Å². The van der Waals surface area contributed by atoms with Crippen molar-refractivity contribution in [2.75, 3.05) is 0 Å². The highest BCUT2D eigenvalue weighted by molar-refractivity contribution is 5.81. The second-order valence-corrected chi connectivity index (χ2v) is 6.22. The summed E-state index contributed by atoms with van der Waals surface area (Å²) in [4.78, 5) is 15.3. The van der Waals surface area contributed by atoms with Gasteiger partial charge in [-0.3, -0.25) is 9.78 Å². The number of carbonyl (C=O) groups excluding carboxylic acids is 1. The Balaban J connectivity index is 1.71. The van der Waals surface area contributed by atoms with Crippen molar-refractivity contribution >= 4 is 5.91 Å². The number of benzene rings is 2. The second kappa shape index (κ2) is 6.52. The molecule has 0 saturated heterocycles. The Kier molecular flexibility index (Phi) is 4.05. The van der Waals surface area contributed by atoms with E-state index in [2.05, 4.69) is 23.2 Å². The molecule has 1 aliphatic heterocycles. The second-order valence-electron chi connectivity index (χ2n) is 6.22. The Hall–Kier alpha value is -3.34. The molecule has 0 bridgehead atoms. The smallest absolute Gasteiger partial charge is 0.258 e. The van der Waals surface area contributed by atoms with Gasteiger partial charge in [-0.1, -0.05) is 12.1 Å². The number of nitrogens with two attached hydrogens (primary N) is 1. The monoisotopic (exact) mass is 346 g/mol. The van der Waals surface area contributed by atoms with Crippen LogP contribution in [0.1, 0.15) is 12.5 Å². The van der Waals surface area contributed by atoms with Crippen LogP contribution >= 0.6 is 0 Å². The third kappa shape index (κ3) is 2.99. The van der Waals surface area contributed by atoms with Gasteiger partial charge in [0.15, 0.2) is 6.10 Å². The summed E-state index contributed by atoms with van der Waals surface area (Å²) in [6.07, 6.45) is 2.88. The van der Waals surface area contributed by atoms with Crippen LogP contribution in [-0.2, 0) is 11.4 Å². The third-order valence-corrected chi connectivity index (χ3v) is 4.46. The molecule has 5 heteroatoms. The van der Waals surface area contributed by atoms with E-state index in [1.165, 1.54) is 0 Å². The minimum atomic E-state index is -0.692. The molecule has 2 aromatic carbocycles. The quantitative estimate of drug-likeness (QED) is 0.784. The van der Waals surface area contributed by atoms with E-state index in [9.17, 15) is 4.79 Å². The van der Waals surface area contributed by atoms with E-state index in [1.807, 2.05) is 24.3 Å². The van der Waals surface area contributed by atoms with Crippen LogP contribution in [0.5, 0.6) is 11.5 Å². The topological polar surface area (TPSA) is 74.4 Å². The first-order chi connectivity index (χ1) is 12.6. The molecule has 4 rings (SSSR count). The first-order valence-corrected chi connectivity index (χ1v) is 8.38. The van der Waals surface area contributed by atoms with E-state index in [4.69, 9.17) is 15.2 Å². The zero-order valence-corrected chi connectivity index (χ0v) is 14.3. The van der Waals surface area contributed by atoms with Crippen LogP contribution in [0, 0.1) is 0 Å². The average molecular weight is 346 g/mol. The number of hydrogen-bond donors (Lipinski definition) is 1. The van der Waals surface area contributed by atoms with Gasteiger partial charge in [0.1, 0.15) is 18.1 Å². The van der Waals surface area contributed by atoms with Gasteiger partial charge in [0, 0.05) is 24.0 Å². The molecule has 0 aliphatic carbocycles. The maximum Gasteiger partial charge on any atom is 0.258 e. The van der Waals surface area contributed by atoms with Crippen LogP contribution in [0.4, 0.5) is 0 Å². The number of nitrogens with zero attached hydrogens (tertiary/aromatic N) is 1. The molecule has 0 radical (unpaired) electrons. The number of amides is 1. The molecule has 3 aromatic rings. The summed E-state index contributed by atoms with van der Waals surface area (Å²) in [6, 6.07) is 15.9. The van der Waals surface area contributed by atoms with E-state index in [0.29, 0.717) is 12.4 Å². The number of fused-ring (bicyclic) bond motifs is 3. The lowest BCUT2D eigenvalue weighted by molar-refractivity contribution is -0.123. The van der Waals surface area contributed by atoms with Gasteiger partial charge in [0.25, 0.3) is 5.91 Å². The number of rotatable bonds is 4. The van der Waals surface area contributed by atoms with Crippen molar-refractivity contribution < 1.29 is 14.3 Å². The molecular weight excluding hydrogens is 328 g/mol. The fraction of sp³-hybridized carbons (Fsp3) is 0.143. The minimum Gasteiger partial charge on any atom is -0.488 e. The Morgan fingerprint density at radius 2 is 1.88 bits per heavy atom. The summed E-state index contributed by atoms with van der Waals surface area (Å²) in [5, 5.41) is 0. The molecule has 1 aliphatic rings. The number of ether oxygens (including phenoxy) is 2. The minimum absolute atomic E-state index is 0.494. The van der Waals surface area contributed by atoms with Gasteiger partial charge in [0.05, 0.1) is 0 Å². The SMILES string of the molecule is C[C@H](Oc1ccc2c(c1)OCc1ccc(-c3ccncc3)cc1-2)C(N)=O. The van der Waals surface area contributed by atoms with Crippen molar-refractivity contribution in [1.29, 1.82) is 0 Å². The molecule has 1 atom stereocenters. The molecule has 5 nitrogen and oxygen atoms in total. The summed E-state index contributed by atoms with van der Waals surface area (Å²) in [5.41, 5.74) is 10.8. The lowest BCUT2D eigenvalue weighted by atomic mass is 9.93. The lowest BCUT2D eigenvalue weighted by Gasteiger charge is -2.22. The molecule has 0 unspecified atom stereocenters. The molecule has 0 spiro atoms. The fourth-order valence-electron chi connectivity index (χ4n) is 3.01. The number of aromatic nitrogens is 1. The summed E-state index contributed by atoms with van der Waals surface area (Å²) >= 11 is 0. The fourth-order valence-corrected chi connectivity index (χ4v) is 3.01. The van der Waals surface area contributed by atoms with Gasteiger partial charge in [-0.15, -0.1) is 0 Å². The zero-order chi connectivity index (χ0) is 18.1. The number of primary amides is 1. The Bertz CT molecular complexity index is 970. The van der Waals surface area contributed by atoms with Crippen molar-refractivity contribution in [3.05, 3.63) is 66.5 Å². The maximum absolute atomic E-state index is 11.2. The van der Waals surface area contributed by atoms with Crippen LogP contribution in [0.25, 0.3) is 22.3 Å². The van der Waals surface area contributed by atoms with Crippen LogP contribution in [-0.4, -0.2) is 17.0 Å². The van der Waals surface area contributed by atoms with E-state index < -0.39 is 12.0 Å². The van der Waals surface area contributed by atoms with E-state index >= 15 is 0 Å². The van der Waals surface area contributed by atoms with Crippen molar-refractivity contribution in [3.8, 4) is 33.8 Å². The summed E-state index contributed by atoms with van der Waals surface area (Å²) in [6.45, 7) is 2.12. The lowest BCUT2D eigenvalue weighted by Crippen LogP contribution is -2.30. The highest BCUT2D eigenvalue weighted by Crippen LogP contribution is 2.41. The molecule has 130 valence electrons. The summed E-state index contributed by atoms with van der Waals surface area (Å²) in [7, 11) is 0. The molecule has 2 N–H and O–H groups in total. The Labute approximate surface area is 151 Å². The van der Waals surface area contributed by atoms with Gasteiger partial charge in [-0.05, 0) is 59.5 Å². The Morgan fingerprint density at radius 3 is 2.65 bits per heavy atom. The number of carbonyl (C=O) groups is 1. The molecule has 26 heavy (non-hydrogen) atoms. The maximum atomic E-state index is 11.2. The largest absolute Gasteiger partial charge is 0.488 e. The van der Waals surface area contributed by atoms with Crippen LogP contribution in [0.3, 0.4) is 0 Å². The predicted molar refractivity (Wildman–Crippen MR) is 98.7 cm³/mol. The molecular formula is C21H18N2O3. The van der Waals surface area contributed by atoms with Gasteiger partial charge in [-0.2, -0.15) is 0 Å². The molecule has 1 aromatic heterocycles. The van der Waals surface area contributed by atoms with E-state index in [-0.39, 0.29) is 0 Å². The van der Waals surface area contributed by atoms with Crippen LogP contribution < -0.4 is 15.2 Å². The summed E-state index contributed by atoms with van der Waals surface area (Å²) in [5.74, 6) is 0.790. The average Bonchev–Trinajstić information content (AvgIpc) is 2.67. The summed E-state index contributed by atoms with van der Waals surface area (Å²) < 4.78 is 11.4. The number of pyridine rings is 1. The van der Waals surface area contributed by atoms with Gasteiger partial charge >= 0.3 is 0 Å². The molecule has 1 amide bonds. The highest BCUT2D eigenvalue weighted by Gasteiger charge is 2.19. The van der Waals surface area contributed by atoms with Gasteiger partial charge in [-0.25, -0.2) is 0 Å². The van der Waals surface area contributed by atoms with Crippen molar-refractivity contribution in [3.63, 3.8) is 0 Å². The Morgan fingerprint density at radius 1 is 1.08 bits per heavy atom. The normalized spacial score (nSPS) is 13.1. The van der Waals surface area contributed by atoms with Crippen molar-refractivity contribution in [1.82, 2.24) is 4.98 Å².